The Balaban J connectivity index is 1.67. The highest BCUT2D eigenvalue weighted by molar-refractivity contribution is 5.92. The van der Waals surface area contributed by atoms with E-state index in [-0.39, 0.29) is 29.5 Å². The number of benzene rings is 1. The van der Waals surface area contributed by atoms with Crippen molar-refractivity contribution in [3.05, 3.63) is 35.6 Å². The standard InChI is InChI=1S/C16H20FN3O/c1-19-9-6-13(10-19)20-14(11-2-4-12(17)5-3-11)18-16(7-8-16)15(20)21/h2-5,13-14,18H,6-10H2,1H3. The van der Waals surface area contributed by atoms with Crippen molar-refractivity contribution in [2.45, 2.75) is 37.0 Å². The largest absolute Gasteiger partial charge is 0.317 e. The number of likely N-dealkylation sites (tertiary alicyclic amines) is 1. The summed E-state index contributed by atoms with van der Waals surface area (Å²) in [5.41, 5.74) is 0.642. The Morgan fingerprint density at radius 2 is 2.00 bits per heavy atom. The average molecular weight is 289 g/mol. The number of likely N-dealkylation sites (N-methyl/N-ethyl adjacent to an activating group) is 1. The summed E-state index contributed by atoms with van der Waals surface area (Å²) in [6.07, 6.45) is 2.74. The SMILES string of the molecule is CN1CCC(N2C(=O)C3(CC3)NC2c2ccc(F)cc2)C1. The minimum Gasteiger partial charge on any atom is -0.317 e. The summed E-state index contributed by atoms with van der Waals surface area (Å²) in [4.78, 5) is 17.1. The van der Waals surface area contributed by atoms with Gasteiger partial charge < -0.3 is 9.80 Å². The lowest BCUT2D eigenvalue weighted by Crippen LogP contribution is -2.41. The van der Waals surface area contributed by atoms with Crippen LogP contribution in [-0.4, -0.2) is 47.4 Å². The van der Waals surface area contributed by atoms with Crippen molar-refractivity contribution in [3.8, 4) is 0 Å². The van der Waals surface area contributed by atoms with E-state index in [1.807, 2.05) is 4.90 Å². The molecule has 1 amide bonds. The number of halogens is 1. The molecule has 1 aromatic rings. The highest BCUT2D eigenvalue weighted by Gasteiger charge is 2.60. The molecule has 0 aromatic heterocycles. The third kappa shape index (κ3) is 2.07. The van der Waals surface area contributed by atoms with Crippen molar-refractivity contribution in [2.24, 2.45) is 0 Å². The average Bonchev–Trinajstić information content (AvgIpc) is 3.04. The zero-order valence-corrected chi connectivity index (χ0v) is 12.2. The van der Waals surface area contributed by atoms with E-state index in [2.05, 4.69) is 17.3 Å². The first-order valence-electron chi connectivity index (χ1n) is 7.64. The van der Waals surface area contributed by atoms with E-state index in [1.165, 1.54) is 12.1 Å². The van der Waals surface area contributed by atoms with Crippen molar-refractivity contribution in [2.75, 3.05) is 20.1 Å². The molecule has 0 bridgehead atoms. The van der Waals surface area contributed by atoms with Gasteiger partial charge in [0, 0.05) is 12.6 Å². The second-order valence-electron chi connectivity index (χ2n) is 6.60. The molecule has 1 aliphatic carbocycles. The van der Waals surface area contributed by atoms with Gasteiger partial charge in [-0.3, -0.25) is 10.1 Å². The lowest BCUT2D eigenvalue weighted by Gasteiger charge is -2.30. The van der Waals surface area contributed by atoms with Crippen molar-refractivity contribution in [3.63, 3.8) is 0 Å². The molecule has 2 saturated heterocycles. The van der Waals surface area contributed by atoms with Gasteiger partial charge in [0.1, 0.15) is 17.5 Å². The van der Waals surface area contributed by atoms with E-state index < -0.39 is 0 Å². The van der Waals surface area contributed by atoms with Crippen LogP contribution in [-0.2, 0) is 4.79 Å². The van der Waals surface area contributed by atoms with Crippen LogP contribution >= 0.6 is 0 Å². The third-order valence-electron chi connectivity index (χ3n) is 5.03. The van der Waals surface area contributed by atoms with E-state index >= 15 is 0 Å². The Labute approximate surface area is 123 Å². The van der Waals surface area contributed by atoms with E-state index in [1.54, 1.807) is 12.1 Å². The molecule has 1 saturated carbocycles. The van der Waals surface area contributed by atoms with Crippen molar-refractivity contribution >= 4 is 5.91 Å². The molecular weight excluding hydrogens is 269 g/mol. The molecule has 2 unspecified atom stereocenters. The first-order valence-corrected chi connectivity index (χ1v) is 7.64. The number of carbonyl (C=O) groups is 1. The second kappa shape index (κ2) is 4.52. The highest BCUT2D eigenvalue weighted by atomic mass is 19.1. The summed E-state index contributed by atoms with van der Waals surface area (Å²) in [6.45, 7) is 1.94. The first kappa shape index (κ1) is 13.2. The van der Waals surface area contributed by atoms with Gasteiger partial charge in [0.15, 0.2) is 0 Å². The second-order valence-corrected chi connectivity index (χ2v) is 6.60. The fraction of sp³-hybridized carbons (Fsp3) is 0.562. The number of nitrogens with one attached hydrogen (secondary N) is 1. The number of carbonyl (C=O) groups excluding carboxylic acids is 1. The predicted molar refractivity (Wildman–Crippen MR) is 77.0 cm³/mol. The summed E-state index contributed by atoms with van der Waals surface area (Å²) in [6, 6.07) is 6.77. The van der Waals surface area contributed by atoms with Gasteiger partial charge in [-0.15, -0.1) is 0 Å². The van der Waals surface area contributed by atoms with Crippen LogP contribution in [0.15, 0.2) is 24.3 Å². The Kier molecular flexibility index (Phi) is 2.84. The van der Waals surface area contributed by atoms with Crippen LogP contribution in [0, 0.1) is 5.82 Å². The molecule has 4 rings (SSSR count). The number of hydrogen-bond acceptors (Lipinski definition) is 3. The zero-order valence-electron chi connectivity index (χ0n) is 12.2. The first-order chi connectivity index (χ1) is 10.1. The quantitative estimate of drug-likeness (QED) is 0.896. The minimum atomic E-state index is -0.333. The Morgan fingerprint density at radius 1 is 1.29 bits per heavy atom. The maximum Gasteiger partial charge on any atom is 0.244 e. The normalized spacial score (nSPS) is 31.3. The van der Waals surface area contributed by atoms with Crippen LogP contribution in [0.3, 0.4) is 0 Å². The van der Waals surface area contributed by atoms with E-state index in [9.17, 15) is 9.18 Å². The molecule has 3 fully saturated rings. The minimum absolute atomic E-state index is 0.114. The Morgan fingerprint density at radius 3 is 2.57 bits per heavy atom. The number of rotatable bonds is 2. The Hall–Kier alpha value is -1.46. The molecule has 0 radical (unpaired) electrons. The highest BCUT2D eigenvalue weighted by Crippen LogP contribution is 2.47. The molecule has 1 aromatic carbocycles. The van der Waals surface area contributed by atoms with Gasteiger partial charge in [0.25, 0.3) is 0 Å². The fourth-order valence-electron chi connectivity index (χ4n) is 3.65. The van der Waals surface area contributed by atoms with Crippen LogP contribution in [0.25, 0.3) is 0 Å². The third-order valence-corrected chi connectivity index (χ3v) is 5.03. The predicted octanol–water partition coefficient (Wildman–Crippen LogP) is 1.49. The molecule has 21 heavy (non-hydrogen) atoms. The number of amides is 1. The summed E-state index contributed by atoms with van der Waals surface area (Å²) in [5, 5.41) is 3.50. The van der Waals surface area contributed by atoms with Gasteiger partial charge in [-0.1, -0.05) is 12.1 Å². The molecular formula is C16H20FN3O. The van der Waals surface area contributed by atoms with Gasteiger partial charge in [0.05, 0.1) is 0 Å². The van der Waals surface area contributed by atoms with Gasteiger partial charge in [-0.25, -0.2) is 4.39 Å². The maximum atomic E-state index is 13.2. The lowest BCUT2D eigenvalue weighted by atomic mass is 10.1. The van der Waals surface area contributed by atoms with Crippen LogP contribution in [0.1, 0.15) is 31.0 Å². The molecule has 4 nitrogen and oxygen atoms in total. The molecule has 2 aliphatic heterocycles. The molecule has 1 spiro atoms. The molecule has 3 aliphatic rings. The maximum absolute atomic E-state index is 13.2. The lowest BCUT2D eigenvalue weighted by molar-refractivity contribution is -0.132. The van der Waals surface area contributed by atoms with Crippen LogP contribution in [0.2, 0.25) is 0 Å². The monoisotopic (exact) mass is 289 g/mol. The van der Waals surface area contributed by atoms with Gasteiger partial charge in [-0.2, -0.15) is 0 Å². The smallest absolute Gasteiger partial charge is 0.244 e. The summed E-state index contributed by atoms with van der Waals surface area (Å²) < 4.78 is 13.2. The van der Waals surface area contributed by atoms with Crippen LogP contribution in [0.4, 0.5) is 4.39 Å². The van der Waals surface area contributed by atoms with E-state index in [0.29, 0.717) is 0 Å². The van der Waals surface area contributed by atoms with E-state index in [4.69, 9.17) is 0 Å². The number of hydrogen-bond donors (Lipinski definition) is 1. The Bertz CT molecular complexity index is 569. The molecule has 1 N–H and O–H groups in total. The van der Waals surface area contributed by atoms with E-state index in [0.717, 1.165) is 37.9 Å². The summed E-state index contributed by atoms with van der Waals surface area (Å²) in [5.74, 6) is -0.00603. The molecule has 2 heterocycles. The topological polar surface area (TPSA) is 35.6 Å². The van der Waals surface area contributed by atoms with Gasteiger partial charge in [-0.05, 0) is 50.6 Å². The van der Waals surface area contributed by atoms with Gasteiger partial charge >= 0.3 is 0 Å². The summed E-state index contributed by atoms with van der Waals surface area (Å²) >= 11 is 0. The van der Waals surface area contributed by atoms with Crippen molar-refractivity contribution in [1.82, 2.24) is 15.1 Å². The van der Waals surface area contributed by atoms with Crippen LogP contribution in [0.5, 0.6) is 0 Å². The molecule has 2 atom stereocenters. The zero-order chi connectivity index (χ0) is 14.6. The van der Waals surface area contributed by atoms with Gasteiger partial charge in [0.2, 0.25) is 5.91 Å². The number of nitrogens with zero attached hydrogens (tertiary/aromatic N) is 2. The molecule has 112 valence electrons. The molecule has 5 heteroatoms. The van der Waals surface area contributed by atoms with Crippen molar-refractivity contribution < 1.29 is 9.18 Å². The fourth-order valence-corrected chi connectivity index (χ4v) is 3.65. The van der Waals surface area contributed by atoms with Crippen molar-refractivity contribution in [1.29, 1.82) is 0 Å². The van der Waals surface area contributed by atoms with Crippen LogP contribution < -0.4 is 5.32 Å². The summed E-state index contributed by atoms with van der Waals surface area (Å²) in [7, 11) is 2.09.